The Morgan fingerprint density at radius 2 is 1.85 bits per heavy atom. The quantitative estimate of drug-likeness (QED) is 0.793. The van der Waals surface area contributed by atoms with E-state index in [-0.39, 0.29) is 24.8 Å². The molecule has 1 aromatic heterocycles. The standard InChI is InChI=1S/C9H14N2.2ClH/c1-2-5-11-8-9-3-6-10-7-4-9;;/h3-4,6-7,11H,2,5,8H2,1H3;2*1H. The molecule has 0 atom stereocenters. The van der Waals surface area contributed by atoms with Crippen molar-refractivity contribution in [3.05, 3.63) is 30.1 Å². The molecule has 0 unspecified atom stereocenters. The lowest BCUT2D eigenvalue weighted by atomic mass is 10.3. The number of hydrogen-bond donors (Lipinski definition) is 1. The van der Waals surface area contributed by atoms with Gasteiger partial charge < -0.3 is 5.32 Å². The summed E-state index contributed by atoms with van der Waals surface area (Å²) in [5.74, 6) is 0. The number of pyridine rings is 1. The maximum atomic E-state index is 3.95. The van der Waals surface area contributed by atoms with E-state index in [0.717, 1.165) is 13.1 Å². The van der Waals surface area contributed by atoms with Gasteiger partial charge in [0, 0.05) is 18.9 Å². The van der Waals surface area contributed by atoms with Gasteiger partial charge in [0.25, 0.3) is 0 Å². The maximum absolute atomic E-state index is 3.95. The molecule has 0 aliphatic rings. The number of hydrogen-bond acceptors (Lipinski definition) is 2. The summed E-state index contributed by atoms with van der Waals surface area (Å²) in [5, 5.41) is 3.32. The van der Waals surface area contributed by atoms with Crippen molar-refractivity contribution in [3.63, 3.8) is 0 Å². The number of rotatable bonds is 4. The number of aromatic nitrogens is 1. The van der Waals surface area contributed by atoms with E-state index in [2.05, 4.69) is 17.2 Å². The van der Waals surface area contributed by atoms with Crippen LogP contribution in [-0.4, -0.2) is 11.5 Å². The predicted octanol–water partition coefficient (Wildman–Crippen LogP) is 2.42. The summed E-state index contributed by atoms with van der Waals surface area (Å²) in [6.07, 6.45) is 4.83. The number of halogens is 2. The fraction of sp³-hybridized carbons (Fsp3) is 0.444. The summed E-state index contributed by atoms with van der Waals surface area (Å²) in [6, 6.07) is 4.06. The molecule has 0 amide bonds. The van der Waals surface area contributed by atoms with Gasteiger partial charge in [-0.05, 0) is 30.7 Å². The van der Waals surface area contributed by atoms with Crippen molar-refractivity contribution < 1.29 is 0 Å². The van der Waals surface area contributed by atoms with Gasteiger partial charge in [-0.1, -0.05) is 6.92 Å². The minimum absolute atomic E-state index is 0. The molecular formula is C9H16Cl2N2. The van der Waals surface area contributed by atoms with Crippen LogP contribution in [0.5, 0.6) is 0 Å². The molecule has 0 aliphatic heterocycles. The second kappa shape index (κ2) is 9.78. The van der Waals surface area contributed by atoms with Gasteiger partial charge in [0.05, 0.1) is 0 Å². The van der Waals surface area contributed by atoms with Gasteiger partial charge in [-0.3, -0.25) is 4.98 Å². The molecule has 0 bridgehead atoms. The van der Waals surface area contributed by atoms with Gasteiger partial charge in [-0.25, -0.2) is 0 Å². The Hall–Kier alpha value is -0.310. The highest BCUT2D eigenvalue weighted by Gasteiger charge is 1.87. The lowest BCUT2D eigenvalue weighted by Gasteiger charge is -2.01. The van der Waals surface area contributed by atoms with Crippen molar-refractivity contribution >= 4 is 24.8 Å². The Morgan fingerprint density at radius 1 is 1.23 bits per heavy atom. The molecule has 1 N–H and O–H groups in total. The first kappa shape index (κ1) is 15.2. The summed E-state index contributed by atoms with van der Waals surface area (Å²) in [6.45, 7) is 4.21. The third-order valence-electron chi connectivity index (χ3n) is 1.51. The number of nitrogens with one attached hydrogen (secondary N) is 1. The highest BCUT2D eigenvalue weighted by molar-refractivity contribution is 5.85. The molecule has 4 heteroatoms. The Bertz CT molecular complexity index is 192. The van der Waals surface area contributed by atoms with Crippen molar-refractivity contribution in [2.45, 2.75) is 19.9 Å². The zero-order valence-electron chi connectivity index (χ0n) is 7.69. The molecule has 0 aliphatic carbocycles. The van der Waals surface area contributed by atoms with E-state index in [1.807, 2.05) is 24.5 Å². The average Bonchev–Trinajstić information content (AvgIpc) is 2.07. The van der Waals surface area contributed by atoms with Gasteiger partial charge in [0.2, 0.25) is 0 Å². The first-order chi connectivity index (χ1) is 5.43. The van der Waals surface area contributed by atoms with Crippen LogP contribution in [0.25, 0.3) is 0 Å². The Labute approximate surface area is 92.0 Å². The molecular weight excluding hydrogens is 207 g/mol. The molecule has 1 rings (SSSR count). The summed E-state index contributed by atoms with van der Waals surface area (Å²) in [4.78, 5) is 3.95. The third-order valence-corrected chi connectivity index (χ3v) is 1.51. The molecule has 76 valence electrons. The van der Waals surface area contributed by atoms with E-state index in [1.165, 1.54) is 12.0 Å². The first-order valence-electron chi connectivity index (χ1n) is 4.03. The lowest BCUT2D eigenvalue weighted by Crippen LogP contribution is -2.13. The fourth-order valence-electron chi connectivity index (χ4n) is 0.910. The van der Waals surface area contributed by atoms with E-state index < -0.39 is 0 Å². The third kappa shape index (κ3) is 6.82. The smallest absolute Gasteiger partial charge is 0.0271 e. The van der Waals surface area contributed by atoms with Crippen LogP contribution in [0.2, 0.25) is 0 Å². The minimum atomic E-state index is 0. The van der Waals surface area contributed by atoms with Gasteiger partial charge in [0.1, 0.15) is 0 Å². The maximum Gasteiger partial charge on any atom is 0.0271 e. The van der Waals surface area contributed by atoms with E-state index in [4.69, 9.17) is 0 Å². The van der Waals surface area contributed by atoms with E-state index >= 15 is 0 Å². The van der Waals surface area contributed by atoms with Crippen LogP contribution in [0.3, 0.4) is 0 Å². The second-order valence-electron chi connectivity index (χ2n) is 2.53. The molecule has 2 nitrogen and oxygen atoms in total. The van der Waals surface area contributed by atoms with Gasteiger partial charge >= 0.3 is 0 Å². The normalized spacial score (nSPS) is 8.38. The van der Waals surface area contributed by atoms with Crippen LogP contribution >= 0.6 is 24.8 Å². The van der Waals surface area contributed by atoms with Crippen LogP contribution < -0.4 is 5.32 Å². The van der Waals surface area contributed by atoms with Crippen molar-refractivity contribution in [2.75, 3.05) is 6.54 Å². The molecule has 0 aromatic carbocycles. The van der Waals surface area contributed by atoms with Crippen LogP contribution in [0.1, 0.15) is 18.9 Å². The predicted molar refractivity (Wildman–Crippen MR) is 60.7 cm³/mol. The topological polar surface area (TPSA) is 24.9 Å². The van der Waals surface area contributed by atoms with Gasteiger partial charge in [0.15, 0.2) is 0 Å². The molecule has 0 saturated carbocycles. The first-order valence-corrected chi connectivity index (χ1v) is 4.03. The highest BCUT2D eigenvalue weighted by Crippen LogP contribution is 1.94. The molecule has 1 heterocycles. The summed E-state index contributed by atoms with van der Waals surface area (Å²) >= 11 is 0. The summed E-state index contributed by atoms with van der Waals surface area (Å²) in [7, 11) is 0. The zero-order chi connectivity index (χ0) is 7.94. The molecule has 13 heavy (non-hydrogen) atoms. The molecule has 0 fully saturated rings. The van der Waals surface area contributed by atoms with Gasteiger partial charge in [-0.2, -0.15) is 0 Å². The monoisotopic (exact) mass is 222 g/mol. The Balaban J connectivity index is 0. The summed E-state index contributed by atoms with van der Waals surface area (Å²) < 4.78 is 0. The van der Waals surface area contributed by atoms with Gasteiger partial charge in [-0.15, -0.1) is 24.8 Å². The minimum Gasteiger partial charge on any atom is -0.313 e. The fourth-order valence-corrected chi connectivity index (χ4v) is 0.910. The van der Waals surface area contributed by atoms with Crippen LogP contribution in [0.4, 0.5) is 0 Å². The van der Waals surface area contributed by atoms with E-state index in [1.54, 1.807) is 0 Å². The van der Waals surface area contributed by atoms with E-state index in [0.29, 0.717) is 0 Å². The van der Waals surface area contributed by atoms with Crippen molar-refractivity contribution in [1.82, 2.24) is 10.3 Å². The number of nitrogens with zero attached hydrogens (tertiary/aromatic N) is 1. The lowest BCUT2D eigenvalue weighted by molar-refractivity contribution is 0.675. The second-order valence-corrected chi connectivity index (χ2v) is 2.53. The largest absolute Gasteiger partial charge is 0.313 e. The Kier molecular flexibility index (Phi) is 11.4. The zero-order valence-corrected chi connectivity index (χ0v) is 9.33. The van der Waals surface area contributed by atoms with Crippen LogP contribution in [-0.2, 0) is 6.54 Å². The molecule has 0 radical (unpaired) electrons. The highest BCUT2D eigenvalue weighted by atomic mass is 35.5. The van der Waals surface area contributed by atoms with Crippen LogP contribution in [0.15, 0.2) is 24.5 Å². The molecule has 0 spiro atoms. The van der Waals surface area contributed by atoms with Crippen LogP contribution in [0, 0.1) is 0 Å². The van der Waals surface area contributed by atoms with E-state index in [9.17, 15) is 0 Å². The van der Waals surface area contributed by atoms with Crippen molar-refractivity contribution in [1.29, 1.82) is 0 Å². The van der Waals surface area contributed by atoms with Crippen molar-refractivity contribution in [2.24, 2.45) is 0 Å². The average molecular weight is 223 g/mol. The summed E-state index contributed by atoms with van der Waals surface area (Å²) in [5.41, 5.74) is 1.30. The molecule has 1 aromatic rings. The Morgan fingerprint density at radius 3 is 2.38 bits per heavy atom. The SMILES string of the molecule is CCCNCc1ccncc1.Cl.Cl. The van der Waals surface area contributed by atoms with Crippen molar-refractivity contribution in [3.8, 4) is 0 Å². The molecule has 0 saturated heterocycles.